The maximum absolute atomic E-state index is 10.5. The predicted octanol–water partition coefficient (Wildman–Crippen LogP) is 1.15. The highest BCUT2D eigenvalue weighted by Gasteiger charge is 2.30. The van der Waals surface area contributed by atoms with Gasteiger partial charge in [-0.3, -0.25) is 0 Å². The summed E-state index contributed by atoms with van der Waals surface area (Å²) in [5.74, 6) is 0. The van der Waals surface area contributed by atoms with Crippen LogP contribution < -0.4 is 0 Å². The highest BCUT2D eigenvalue weighted by Crippen LogP contribution is 2.31. The Kier molecular flexibility index (Phi) is 2.20. The molecule has 0 aromatic carbocycles. The highest BCUT2D eigenvalue weighted by atomic mass is 16.1. The summed E-state index contributed by atoms with van der Waals surface area (Å²) >= 11 is 0. The first-order valence-electron chi connectivity index (χ1n) is 3.57. The zero-order valence-electron chi connectivity index (χ0n) is 5.88. The van der Waals surface area contributed by atoms with E-state index in [1.54, 1.807) is 0 Å². The van der Waals surface area contributed by atoms with Gasteiger partial charge < -0.3 is 9.59 Å². The molecule has 55 valence electrons. The van der Waals surface area contributed by atoms with Gasteiger partial charge in [0.1, 0.15) is 12.6 Å². The van der Waals surface area contributed by atoms with E-state index >= 15 is 0 Å². The van der Waals surface area contributed by atoms with Crippen molar-refractivity contribution in [2.75, 3.05) is 0 Å². The lowest BCUT2D eigenvalue weighted by Crippen LogP contribution is -2.27. The number of carbonyl (C=O) groups is 2. The first-order chi connectivity index (χ1) is 4.83. The van der Waals surface area contributed by atoms with Crippen molar-refractivity contribution < 1.29 is 9.59 Å². The maximum Gasteiger partial charge on any atom is 0.133 e. The number of rotatable bonds is 2. The molecule has 0 heterocycles. The van der Waals surface area contributed by atoms with Gasteiger partial charge in [-0.2, -0.15) is 0 Å². The molecule has 1 saturated carbocycles. The molecule has 1 fully saturated rings. The lowest BCUT2D eigenvalue weighted by molar-refractivity contribution is -0.127. The molecule has 1 radical (unpaired) electrons. The molecular formula is C8H11O2. The van der Waals surface area contributed by atoms with E-state index in [2.05, 4.69) is 0 Å². The van der Waals surface area contributed by atoms with Gasteiger partial charge >= 0.3 is 0 Å². The van der Waals surface area contributed by atoms with Crippen LogP contribution in [-0.4, -0.2) is 12.6 Å². The molecule has 0 unspecified atom stereocenters. The van der Waals surface area contributed by atoms with Crippen LogP contribution >= 0.6 is 0 Å². The number of aldehydes is 2. The quantitative estimate of drug-likeness (QED) is 0.425. The van der Waals surface area contributed by atoms with Crippen LogP contribution in [0.15, 0.2) is 0 Å². The third kappa shape index (κ3) is 1.25. The van der Waals surface area contributed by atoms with E-state index in [0.29, 0.717) is 6.42 Å². The van der Waals surface area contributed by atoms with Crippen LogP contribution in [-0.2, 0) is 9.59 Å². The van der Waals surface area contributed by atoms with Gasteiger partial charge in [0.15, 0.2) is 0 Å². The topological polar surface area (TPSA) is 34.1 Å². The molecule has 1 aliphatic rings. The van der Waals surface area contributed by atoms with Crippen LogP contribution in [0, 0.1) is 11.8 Å². The third-order valence-electron chi connectivity index (χ3n) is 2.04. The normalized spacial score (nSPS) is 23.6. The van der Waals surface area contributed by atoms with Gasteiger partial charge in [-0.15, -0.1) is 0 Å². The summed E-state index contributed by atoms with van der Waals surface area (Å²) in [6, 6.07) is 0. The molecule has 2 heteroatoms. The van der Waals surface area contributed by atoms with Gasteiger partial charge in [-0.05, 0) is 19.3 Å². The Bertz CT molecular complexity index is 124. The Morgan fingerprint density at radius 2 is 2.00 bits per heavy atom. The standard InChI is InChI=1S/C8H11O2/c9-6-8(7-10)4-2-1-3-5-8/h2,6-7H,1,3-5H2. The minimum atomic E-state index is -0.655. The van der Waals surface area contributed by atoms with E-state index < -0.39 is 5.41 Å². The van der Waals surface area contributed by atoms with Crippen LogP contribution in [0.4, 0.5) is 0 Å². The van der Waals surface area contributed by atoms with E-state index in [0.717, 1.165) is 31.8 Å². The van der Waals surface area contributed by atoms with E-state index in [-0.39, 0.29) is 0 Å². The molecule has 0 atom stereocenters. The first kappa shape index (κ1) is 7.45. The van der Waals surface area contributed by atoms with Crippen LogP contribution in [0.1, 0.15) is 25.7 Å². The van der Waals surface area contributed by atoms with E-state index in [1.165, 1.54) is 0 Å². The number of hydrogen-bond donors (Lipinski definition) is 0. The van der Waals surface area contributed by atoms with Crippen molar-refractivity contribution in [3.63, 3.8) is 0 Å². The summed E-state index contributed by atoms with van der Waals surface area (Å²) in [7, 11) is 0. The molecule has 10 heavy (non-hydrogen) atoms. The summed E-state index contributed by atoms with van der Waals surface area (Å²) in [6.07, 6.45) is 6.98. The van der Waals surface area contributed by atoms with Crippen molar-refractivity contribution in [3.8, 4) is 0 Å². The van der Waals surface area contributed by atoms with Gasteiger partial charge in [0.25, 0.3) is 0 Å². The van der Waals surface area contributed by atoms with Crippen LogP contribution in [0.2, 0.25) is 0 Å². The van der Waals surface area contributed by atoms with Crippen LogP contribution in [0.5, 0.6) is 0 Å². The molecule has 0 N–H and O–H groups in total. The van der Waals surface area contributed by atoms with Gasteiger partial charge in [0, 0.05) is 0 Å². The van der Waals surface area contributed by atoms with Crippen LogP contribution in [0.25, 0.3) is 0 Å². The maximum atomic E-state index is 10.5. The molecule has 0 saturated heterocycles. The second kappa shape index (κ2) is 2.95. The summed E-state index contributed by atoms with van der Waals surface area (Å²) in [6.45, 7) is 0. The van der Waals surface area contributed by atoms with Gasteiger partial charge in [0.05, 0.1) is 5.41 Å². The SMILES string of the molecule is O=CC1(C=O)C[CH]CCC1. The molecular weight excluding hydrogens is 128 g/mol. The Hall–Kier alpha value is -0.660. The van der Waals surface area contributed by atoms with Crippen molar-refractivity contribution in [2.45, 2.75) is 25.7 Å². The lowest BCUT2D eigenvalue weighted by Gasteiger charge is -2.25. The summed E-state index contributed by atoms with van der Waals surface area (Å²) in [5, 5.41) is 0. The lowest BCUT2D eigenvalue weighted by atomic mass is 9.77. The Morgan fingerprint density at radius 3 is 2.30 bits per heavy atom. The molecule has 0 aliphatic heterocycles. The minimum Gasteiger partial charge on any atom is -0.302 e. The fraction of sp³-hybridized carbons (Fsp3) is 0.625. The predicted molar refractivity (Wildman–Crippen MR) is 37.3 cm³/mol. The summed E-state index contributed by atoms with van der Waals surface area (Å²) in [4.78, 5) is 20.9. The Labute approximate surface area is 60.6 Å². The van der Waals surface area contributed by atoms with Gasteiger partial charge in [-0.1, -0.05) is 12.8 Å². The molecule has 0 bridgehead atoms. The summed E-state index contributed by atoms with van der Waals surface area (Å²) < 4.78 is 0. The Balaban J connectivity index is 2.60. The fourth-order valence-electron chi connectivity index (χ4n) is 1.29. The largest absolute Gasteiger partial charge is 0.302 e. The fourth-order valence-corrected chi connectivity index (χ4v) is 1.29. The summed E-state index contributed by atoms with van der Waals surface area (Å²) in [5.41, 5.74) is -0.655. The Morgan fingerprint density at radius 1 is 1.30 bits per heavy atom. The molecule has 1 aliphatic carbocycles. The zero-order chi connectivity index (χ0) is 7.45. The molecule has 0 aromatic rings. The van der Waals surface area contributed by atoms with Crippen molar-refractivity contribution in [1.82, 2.24) is 0 Å². The third-order valence-corrected chi connectivity index (χ3v) is 2.04. The molecule has 0 spiro atoms. The number of carbonyl (C=O) groups excluding carboxylic acids is 2. The average molecular weight is 139 g/mol. The van der Waals surface area contributed by atoms with Crippen molar-refractivity contribution >= 4 is 12.6 Å². The van der Waals surface area contributed by atoms with Gasteiger partial charge in [-0.25, -0.2) is 0 Å². The number of hydrogen-bond acceptors (Lipinski definition) is 2. The van der Waals surface area contributed by atoms with E-state index in [1.807, 2.05) is 6.42 Å². The van der Waals surface area contributed by atoms with E-state index in [4.69, 9.17) is 0 Å². The highest BCUT2D eigenvalue weighted by molar-refractivity contribution is 5.83. The average Bonchev–Trinajstić information content (AvgIpc) is 2.06. The van der Waals surface area contributed by atoms with Gasteiger partial charge in [0.2, 0.25) is 0 Å². The van der Waals surface area contributed by atoms with E-state index in [9.17, 15) is 9.59 Å². The minimum absolute atomic E-state index is 0.639. The molecule has 1 rings (SSSR count). The van der Waals surface area contributed by atoms with Crippen molar-refractivity contribution in [3.05, 3.63) is 6.42 Å². The monoisotopic (exact) mass is 139 g/mol. The second-order valence-corrected chi connectivity index (χ2v) is 2.85. The smallest absolute Gasteiger partial charge is 0.133 e. The second-order valence-electron chi connectivity index (χ2n) is 2.85. The van der Waals surface area contributed by atoms with Crippen molar-refractivity contribution in [1.29, 1.82) is 0 Å². The zero-order valence-corrected chi connectivity index (χ0v) is 5.88. The van der Waals surface area contributed by atoms with Crippen LogP contribution in [0.3, 0.4) is 0 Å². The van der Waals surface area contributed by atoms with Crippen molar-refractivity contribution in [2.24, 2.45) is 5.41 Å². The first-order valence-corrected chi connectivity index (χ1v) is 3.57. The molecule has 0 aromatic heterocycles. The molecule has 2 nitrogen and oxygen atoms in total. The molecule has 0 amide bonds.